The lowest BCUT2D eigenvalue weighted by Crippen LogP contribution is -2.31. The van der Waals surface area contributed by atoms with Crippen molar-refractivity contribution in [1.29, 1.82) is 0 Å². The van der Waals surface area contributed by atoms with Crippen LogP contribution in [0.3, 0.4) is 0 Å². The van der Waals surface area contributed by atoms with Crippen LogP contribution in [0.1, 0.15) is 12.8 Å². The predicted octanol–water partition coefficient (Wildman–Crippen LogP) is 2.92. The molecule has 1 heterocycles. The molecule has 1 saturated heterocycles. The van der Waals surface area contributed by atoms with Gasteiger partial charge in [0.1, 0.15) is 18.1 Å². The summed E-state index contributed by atoms with van der Waals surface area (Å²) in [6.45, 7) is 0.233. The van der Waals surface area contributed by atoms with E-state index in [-0.39, 0.29) is 12.5 Å². The van der Waals surface area contributed by atoms with E-state index in [0.717, 1.165) is 30.1 Å². The maximum Gasteiger partial charge on any atom is 0.310 e. The molecule has 2 rings (SSSR count). The minimum absolute atomic E-state index is 0.229. The summed E-state index contributed by atoms with van der Waals surface area (Å²) >= 11 is 1.90. The fourth-order valence-corrected chi connectivity index (χ4v) is 3.53. The van der Waals surface area contributed by atoms with Gasteiger partial charge in [0, 0.05) is 0 Å². The highest BCUT2D eigenvalue weighted by atomic mass is 32.2. The molecule has 0 radical (unpaired) electrons. The van der Waals surface area contributed by atoms with Crippen LogP contribution >= 0.6 is 11.8 Å². The van der Waals surface area contributed by atoms with Crippen LogP contribution in [-0.4, -0.2) is 36.3 Å². The van der Waals surface area contributed by atoms with Crippen molar-refractivity contribution in [2.75, 3.05) is 25.2 Å². The van der Waals surface area contributed by atoms with Crippen LogP contribution in [-0.2, 0) is 4.79 Å². The first-order valence-electron chi connectivity index (χ1n) is 6.78. The van der Waals surface area contributed by atoms with Crippen molar-refractivity contribution in [2.45, 2.75) is 12.8 Å². The Morgan fingerprint density at radius 1 is 1.30 bits per heavy atom. The zero-order valence-corrected chi connectivity index (χ0v) is 12.4. The van der Waals surface area contributed by atoms with Gasteiger partial charge < -0.3 is 14.6 Å². The van der Waals surface area contributed by atoms with Crippen LogP contribution in [0.4, 0.5) is 0 Å². The van der Waals surface area contributed by atoms with Crippen LogP contribution in [0, 0.1) is 11.8 Å². The van der Waals surface area contributed by atoms with Gasteiger partial charge in [-0.25, -0.2) is 0 Å². The number of ether oxygens (including phenoxy) is 2. The molecule has 0 amide bonds. The van der Waals surface area contributed by atoms with E-state index in [0.29, 0.717) is 5.75 Å². The molecule has 0 saturated carbocycles. The Morgan fingerprint density at radius 2 is 1.90 bits per heavy atom. The van der Waals surface area contributed by atoms with Gasteiger partial charge >= 0.3 is 5.97 Å². The second kappa shape index (κ2) is 7.43. The first-order chi connectivity index (χ1) is 9.70. The van der Waals surface area contributed by atoms with E-state index in [1.54, 1.807) is 19.2 Å². The molecule has 5 heteroatoms. The monoisotopic (exact) mass is 296 g/mol. The Hall–Kier alpha value is -1.36. The molecule has 1 unspecified atom stereocenters. The lowest BCUT2D eigenvalue weighted by atomic mass is 9.88. The zero-order valence-electron chi connectivity index (χ0n) is 11.6. The summed E-state index contributed by atoms with van der Waals surface area (Å²) in [7, 11) is 1.61. The van der Waals surface area contributed by atoms with Crippen LogP contribution in [0.2, 0.25) is 0 Å². The third-order valence-electron chi connectivity index (χ3n) is 3.64. The standard InChI is InChI=1S/C15H20O4S/c1-18-12-2-4-13(5-3-12)19-10-14(15(16)17)11-6-8-20-9-7-11/h2-5,11,14H,6-10H2,1H3,(H,16,17). The highest BCUT2D eigenvalue weighted by molar-refractivity contribution is 7.99. The Bertz CT molecular complexity index is 426. The molecular formula is C15H20O4S. The van der Waals surface area contributed by atoms with Crippen molar-refractivity contribution in [3.63, 3.8) is 0 Å². The largest absolute Gasteiger partial charge is 0.497 e. The van der Waals surface area contributed by atoms with Gasteiger partial charge in [0.15, 0.2) is 0 Å². The minimum Gasteiger partial charge on any atom is -0.497 e. The summed E-state index contributed by atoms with van der Waals surface area (Å²) in [4.78, 5) is 11.4. The third kappa shape index (κ3) is 4.07. The van der Waals surface area contributed by atoms with Crippen molar-refractivity contribution < 1.29 is 19.4 Å². The highest BCUT2D eigenvalue weighted by Crippen LogP contribution is 2.30. The number of thioether (sulfide) groups is 1. The first-order valence-corrected chi connectivity index (χ1v) is 7.93. The number of benzene rings is 1. The summed E-state index contributed by atoms with van der Waals surface area (Å²) in [5, 5.41) is 9.38. The predicted molar refractivity (Wildman–Crippen MR) is 79.7 cm³/mol. The second-order valence-electron chi connectivity index (χ2n) is 4.88. The molecule has 1 aromatic carbocycles. The zero-order chi connectivity index (χ0) is 14.4. The van der Waals surface area contributed by atoms with Gasteiger partial charge in [0.2, 0.25) is 0 Å². The number of hydrogen-bond donors (Lipinski definition) is 1. The maximum atomic E-state index is 11.4. The van der Waals surface area contributed by atoms with Crippen molar-refractivity contribution in [3.05, 3.63) is 24.3 Å². The molecule has 110 valence electrons. The molecule has 1 fully saturated rings. The van der Waals surface area contributed by atoms with Gasteiger partial charge in [-0.15, -0.1) is 0 Å². The average Bonchev–Trinajstić information content (AvgIpc) is 2.49. The molecule has 1 aliphatic heterocycles. The highest BCUT2D eigenvalue weighted by Gasteiger charge is 2.30. The molecule has 1 aliphatic rings. The molecule has 1 N–H and O–H groups in total. The van der Waals surface area contributed by atoms with E-state index in [1.165, 1.54) is 0 Å². The average molecular weight is 296 g/mol. The normalized spacial score (nSPS) is 17.4. The number of hydrogen-bond acceptors (Lipinski definition) is 4. The number of rotatable bonds is 6. The molecule has 4 nitrogen and oxygen atoms in total. The Labute approximate surface area is 123 Å². The smallest absolute Gasteiger partial charge is 0.310 e. The van der Waals surface area contributed by atoms with E-state index in [2.05, 4.69) is 0 Å². The van der Waals surface area contributed by atoms with Crippen molar-refractivity contribution >= 4 is 17.7 Å². The van der Waals surface area contributed by atoms with Crippen molar-refractivity contribution in [1.82, 2.24) is 0 Å². The van der Waals surface area contributed by atoms with E-state index in [9.17, 15) is 9.90 Å². The Balaban J connectivity index is 1.92. The molecule has 20 heavy (non-hydrogen) atoms. The quantitative estimate of drug-likeness (QED) is 0.874. The Morgan fingerprint density at radius 3 is 2.45 bits per heavy atom. The lowest BCUT2D eigenvalue weighted by molar-refractivity contribution is -0.145. The van der Waals surface area contributed by atoms with Crippen LogP contribution in [0.15, 0.2) is 24.3 Å². The topological polar surface area (TPSA) is 55.8 Å². The van der Waals surface area contributed by atoms with Crippen molar-refractivity contribution in [2.24, 2.45) is 11.8 Å². The number of carboxylic acid groups (broad SMARTS) is 1. The van der Waals surface area contributed by atoms with Gasteiger partial charge in [0.05, 0.1) is 13.0 Å². The van der Waals surface area contributed by atoms with E-state index < -0.39 is 11.9 Å². The molecule has 1 atom stereocenters. The van der Waals surface area contributed by atoms with E-state index in [1.807, 2.05) is 23.9 Å². The summed E-state index contributed by atoms with van der Waals surface area (Å²) in [5.74, 6) is 2.60. The van der Waals surface area contributed by atoms with Gasteiger partial charge in [-0.3, -0.25) is 4.79 Å². The SMILES string of the molecule is COc1ccc(OCC(C(=O)O)C2CCSCC2)cc1. The maximum absolute atomic E-state index is 11.4. The number of methoxy groups -OCH3 is 1. The summed E-state index contributed by atoms with van der Waals surface area (Å²) in [6, 6.07) is 7.22. The molecule has 0 aromatic heterocycles. The Kier molecular flexibility index (Phi) is 5.59. The van der Waals surface area contributed by atoms with Gasteiger partial charge in [-0.05, 0) is 54.5 Å². The van der Waals surface area contributed by atoms with Gasteiger partial charge in [0.25, 0.3) is 0 Å². The van der Waals surface area contributed by atoms with Crippen molar-refractivity contribution in [3.8, 4) is 11.5 Å². The second-order valence-corrected chi connectivity index (χ2v) is 6.11. The molecule has 1 aromatic rings. The van der Waals surface area contributed by atoms with Crippen LogP contribution < -0.4 is 9.47 Å². The van der Waals surface area contributed by atoms with Crippen LogP contribution in [0.5, 0.6) is 11.5 Å². The van der Waals surface area contributed by atoms with Crippen LogP contribution in [0.25, 0.3) is 0 Å². The molecule has 0 bridgehead atoms. The number of aliphatic carboxylic acids is 1. The fourth-order valence-electron chi connectivity index (χ4n) is 2.39. The molecular weight excluding hydrogens is 276 g/mol. The summed E-state index contributed by atoms with van der Waals surface area (Å²) in [5.41, 5.74) is 0. The summed E-state index contributed by atoms with van der Waals surface area (Å²) in [6.07, 6.45) is 1.93. The fraction of sp³-hybridized carbons (Fsp3) is 0.533. The number of carboxylic acids is 1. The first kappa shape index (κ1) is 15.0. The van der Waals surface area contributed by atoms with E-state index >= 15 is 0 Å². The third-order valence-corrected chi connectivity index (χ3v) is 4.69. The molecule has 0 aliphatic carbocycles. The number of carbonyl (C=O) groups is 1. The summed E-state index contributed by atoms with van der Waals surface area (Å²) < 4.78 is 10.7. The lowest BCUT2D eigenvalue weighted by Gasteiger charge is -2.27. The van der Waals surface area contributed by atoms with Gasteiger partial charge in [-0.1, -0.05) is 0 Å². The minimum atomic E-state index is -0.754. The van der Waals surface area contributed by atoms with E-state index in [4.69, 9.17) is 9.47 Å². The molecule has 0 spiro atoms. The van der Waals surface area contributed by atoms with Gasteiger partial charge in [-0.2, -0.15) is 11.8 Å².